The Balaban J connectivity index is 2.28. The Labute approximate surface area is 111 Å². The molecule has 0 aliphatic heterocycles. The zero-order valence-electron chi connectivity index (χ0n) is 9.97. The first-order valence-corrected chi connectivity index (χ1v) is 5.51. The van der Waals surface area contributed by atoms with E-state index in [4.69, 9.17) is 10.0 Å². The first kappa shape index (κ1) is 14.5. The van der Waals surface area contributed by atoms with Gasteiger partial charge < -0.3 is 10.0 Å². The van der Waals surface area contributed by atoms with Gasteiger partial charge in [-0.25, -0.2) is 4.39 Å². The largest absolute Gasteiger partial charge is 0.488 e. The van der Waals surface area contributed by atoms with Crippen LogP contribution in [0.3, 0.4) is 0 Å². The van der Waals surface area contributed by atoms with E-state index in [-0.39, 0.29) is 17.6 Å². The van der Waals surface area contributed by atoms with Crippen LogP contribution in [0.15, 0.2) is 30.6 Å². The minimum Gasteiger partial charge on any atom is -0.423 e. The van der Waals surface area contributed by atoms with E-state index in [1.54, 1.807) is 0 Å². The Hall–Kier alpha value is -1.87. The number of nitrogens with zero attached hydrogens (tertiary/aromatic N) is 2. The van der Waals surface area contributed by atoms with Crippen molar-refractivity contribution in [2.75, 3.05) is 0 Å². The molecule has 2 aromatic rings. The summed E-state index contributed by atoms with van der Waals surface area (Å²) in [6.07, 6.45) is -3.05. The molecule has 0 aliphatic rings. The third-order valence-corrected chi connectivity index (χ3v) is 2.68. The maximum absolute atomic E-state index is 13.0. The molecular weight excluding hydrogens is 279 g/mol. The third-order valence-electron chi connectivity index (χ3n) is 2.68. The first-order chi connectivity index (χ1) is 9.27. The number of halogens is 4. The van der Waals surface area contributed by atoms with E-state index in [1.807, 2.05) is 0 Å². The predicted octanol–water partition coefficient (Wildman–Crippen LogP) is 0.769. The molecule has 1 aromatic heterocycles. The molecule has 1 aromatic carbocycles. The second-order valence-corrected chi connectivity index (χ2v) is 4.14. The molecule has 1 heterocycles. The van der Waals surface area contributed by atoms with E-state index in [1.165, 1.54) is 6.07 Å². The second-order valence-electron chi connectivity index (χ2n) is 4.14. The van der Waals surface area contributed by atoms with Crippen LogP contribution in [-0.2, 0) is 12.7 Å². The van der Waals surface area contributed by atoms with Crippen molar-refractivity contribution in [3.05, 3.63) is 47.5 Å². The summed E-state index contributed by atoms with van der Waals surface area (Å²) in [6.45, 7) is -0.136. The first-order valence-electron chi connectivity index (χ1n) is 5.51. The van der Waals surface area contributed by atoms with Gasteiger partial charge in [0, 0.05) is 6.20 Å². The van der Waals surface area contributed by atoms with Crippen molar-refractivity contribution < 1.29 is 27.6 Å². The average Bonchev–Trinajstić information content (AvgIpc) is 2.79. The number of hydrogen-bond acceptors (Lipinski definition) is 3. The van der Waals surface area contributed by atoms with E-state index >= 15 is 0 Å². The van der Waals surface area contributed by atoms with E-state index < -0.39 is 24.7 Å². The highest BCUT2D eigenvalue weighted by Crippen LogP contribution is 2.28. The molecule has 0 saturated heterocycles. The fourth-order valence-corrected chi connectivity index (χ4v) is 1.72. The lowest BCUT2D eigenvalue weighted by atomic mass is 9.77. The van der Waals surface area contributed by atoms with E-state index in [9.17, 15) is 17.6 Å². The number of hydrogen-bond donors (Lipinski definition) is 2. The third kappa shape index (κ3) is 3.17. The average molecular weight is 288 g/mol. The van der Waals surface area contributed by atoms with Crippen molar-refractivity contribution >= 4 is 12.6 Å². The van der Waals surface area contributed by atoms with Crippen LogP contribution in [0.4, 0.5) is 17.6 Å². The van der Waals surface area contributed by atoms with Gasteiger partial charge in [-0.05, 0) is 23.2 Å². The fourth-order valence-electron chi connectivity index (χ4n) is 1.72. The van der Waals surface area contributed by atoms with Gasteiger partial charge in [-0.1, -0.05) is 6.07 Å². The lowest BCUT2D eigenvalue weighted by molar-refractivity contribution is -0.137. The van der Waals surface area contributed by atoms with E-state index in [2.05, 4.69) is 5.10 Å². The summed E-state index contributed by atoms with van der Waals surface area (Å²) in [7, 11) is -1.92. The minimum absolute atomic E-state index is 0.117. The molecule has 4 nitrogen and oxygen atoms in total. The van der Waals surface area contributed by atoms with Gasteiger partial charge in [0.1, 0.15) is 5.82 Å². The van der Waals surface area contributed by atoms with Crippen molar-refractivity contribution in [2.24, 2.45) is 0 Å². The zero-order valence-corrected chi connectivity index (χ0v) is 9.97. The maximum Gasteiger partial charge on any atom is 0.488 e. The molecule has 0 radical (unpaired) electrons. The van der Waals surface area contributed by atoms with Crippen molar-refractivity contribution in [2.45, 2.75) is 12.7 Å². The lowest BCUT2D eigenvalue weighted by Crippen LogP contribution is -2.34. The molecule has 20 heavy (non-hydrogen) atoms. The molecule has 0 unspecified atom stereocenters. The highest BCUT2D eigenvalue weighted by atomic mass is 19.4. The Morgan fingerprint density at radius 2 is 1.95 bits per heavy atom. The zero-order chi connectivity index (χ0) is 14.9. The maximum atomic E-state index is 13.0. The molecule has 2 N–H and O–H groups in total. The molecule has 0 bridgehead atoms. The van der Waals surface area contributed by atoms with E-state index in [0.29, 0.717) is 6.20 Å². The van der Waals surface area contributed by atoms with Crippen LogP contribution in [0.25, 0.3) is 0 Å². The summed E-state index contributed by atoms with van der Waals surface area (Å²) in [5.41, 5.74) is -0.766. The van der Waals surface area contributed by atoms with Gasteiger partial charge in [0.2, 0.25) is 0 Å². The van der Waals surface area contributed by atoms with Gasteiger partial charge in [0.25, 0.3) is 0 Å². The molecule has 0 saturated carbocycles. The summed E-state index contributed by atoms with van der Waals surface area (Å²) in [5, 5.41) is 21.8. The normalized spacial score (nSPS) is 11.7. The molecule has 2 rings (SSSR count). The molecule has 0 spiro atoms. The van der Waals surface area contributed by atoms with Crippen LogP contribution in [0.1, 0.15) is 11.1 Å². The smallest absolute Gasteiger partial charge is 0.423 e. The number of aromatic nitrogens is 2. The Morgan fingerprint density at radius 3 is 2.50 bits per heavy atom. The van der Waals surface area contributed by atoms with Crippen LogP contribution in [0.5, 0.6) is 0 Å². The molecule has 106 valence electrons. The Kier molecular flexibility index (Phi) is 3.82. The van der Waals surface area contributed by atoms with Crippen LogP contribution in [0.2, 0.25) is 0 Å². The molecule has 0 aliphatic carbocycles. The van der Waals surface area contributed by atoms with Gasteiger partial charge >= 0.3 is 13.3 Å². The van der Waals surface area contributed by atoms with Gasteiger partial charge in [-0.15, -0.1) is 0 Å². The number of rotatable bonds is 3. The standard InChI is InChI=1S/C11H9BF4N2O2/c13-9-2-1-7(10(3-9)12(19)20)5-18-6-8(4-17-18)11(14,15)16/h1-4,6,19-20H,5H2. The molecule has 9 heteroatoms. The van der Waals surface area contributed by atoms with Crippen molar-refractivity contribution in [1.29, 1.82) is 0 Å². The highest BCUT2D eigenvalue weighted by Gasteiger charge is 2.32. The lowest BCUT2D eigenvalue weighted by Gasteiger charge is -2.09. The summed E-state index contributed by atoms with van der Waals surface area (Å²) in [6, 6.07) is 3.25. The Morgan fingerprint density at radius 1 is 1.25 bits per heavy atom. The molecule has 0 atom stereocenters. The highest BCUT2D eigenvalue weighted by molar-refractivity contribution is 6.59. The summed E-state index contributed by atoms with van der Waals surface area (Å²) < 4.78 is 51.3. The number of benzene rings is 1. The second kappa shape index (κ2) is 5.26. The molecule has 0 fully saturated rings. The Bertz CT molecular complexity index is 613. The monoisotopic (exact) mass is 288 g/mol. The summed E-state index contributed by atoms with van der Waals surface area (Å²) in [4.78, 5) is 0. The SMILES string of the molecule is OB(O)c1cc(F)ccc1Cn1cc(C(F)(F)F)cn1. The van der Waals surface area contributed by atoms with Crippen LogP contribution in [-0.4, -0.2) is 26.9 Å². The van der Waals surface area contributed by atoms with Crippen LogP contribution >= 0.6 is 0 Å². The summed E-state index contributed by atoms with van der Waals surface area (Å²) in [5.74, 6) is -0.673. The van der Waals surface area contributed by atoms with Gasteiger partial charge in [-0.3, -0.25) is 4.68 Å². The quantitative estimate of drug-likeness (QED) is 0.648. The molecular formula is C11H9BF4N2O2. The minimum atomic E-state index is -4.50. The van der Waals surface area contributed by atoms with Crippen molar-refractivity contribution in [3.63, 3.8) is 0 Å². The fraction of sp³-hybridized carbons (Fsp3) is 0.182. The topological polar surface area (TPSA) is 58.3 Å². The van der Waals surface area contributed by atoms with Gasteiger partial charge in [0.15, 0.2) is 0 Å². The molecule has 0 amide bonds. The van der Waals surface area contributed by atoms with Gasteiger partial charge in [-0.2, -0.15) is 18.3 Å². The van der Waals surface area contributed by atoms with Crippen molar-refractivity contribution in [1.82, 2.24) is 9.78 Å². The summed E-state index contributed by atoms with van der Waals surface area (Å²) >= 11 is 0. The van der Waals surface area contributed by atoms with Crippen molar-refractivity contribution in [3.8, 4) is 0 Å². The number of alkyl halides is 3. The van der Waals surface area contributed by atoms with E-state index in [0.717, 1.165) is 23.0 Å². The van der Waals surface area contributed by atoms with Gasteiger partial charge in [0.05, 0.1) is 18.3 Å². The van der Waals surface area contributed by atoms with Crippen LogP contribution in [0, 0.1) is 5.82 Å². The predicted molar refractivity (Wildman–Crippen MR) is 62.6 cm³/mol. The van der Waals surface area contributed by atoms with Crippen LogP contribution < -0.4 is 5.46 Å².